The van der Waals surface area contributed by atoms with Crippen LogP contribution in [0, 0.1) is 0 Å². The van der Waals surface area contributed by atoms with Crippen LogP contribution < -0.4 is 10.0 Å². The lowest BCUT2D eigenvalue weighted by atomic mass is 10.2. The van der Waals surface area contributed by atoms with Gasteiger partial charge in [0.15, 0.2) is 0 Å². The molecule has 2 N–H and O–H groups in total. The minimum atomic E-state index is -3.31. The maximum atomic E-state index is 11.8. The van der Waals surface area contributed by atoms with Crippen LogP contribution in [-0.4, -0.2) is 27.3 Å². The highest BCUT2D eigenvalue weighted by Gasteiger charge is 2.19. The summed E-state index contributed by atoms with van der Waals surface area (Å²) in [6.45, 7) is 2.29. The van der Waals surface area contributed by atoms with Crippen LogP contribution in [0.2, 0.25) is 5.02 Å². The summed E-state index contributed by atoms with van der Waals surface area (Å²) in [5, 5.41) is 2.93. The lowest BCUT2D eigenvalue weighted by Gasteiger charge is -2.13. The Hall–Kier alpha value is -0.620. The van der Waals surface area contributed by atoms with Crippen LogP contribution in [0.15, 0.2) is 24.3 Å². The standard InChI is InChI=1S/C11H17ClN2O2S/c1-9(7-13-2)17(15,16)14-8-10-5-3-4-6-11(10)12/h3-6,9,13-14H,7-8H2,1-2H3. The molecular weight excluding hydrogens is 260 g/mol. The van der Waals surface area contributed by atoms with Crippen molar-refractivity contribution < 1.29 is 8.42 Å². The second-order valence-electron chi connectivity index (χ2n) is 3.83. The molecule has 0 radical (unpaired) electrons. The van der Waals surface area contributed by atoms with Crippen molar-refractivity contribution in [3.8, 4) is 0 Å². The molecule has 0 amide bonds. The fourth-order valence-corrected chi connectivity index (χ4v) is 2.59. The Morgan fingerprint density at radius 2 is 2.00 bits per heavy atom. The number of sulfonamides is 1. The summed E-state index contributed by atoms with van der Waals surface area (Å²) in [4.78, 5) is 0. The fraction of sp³-hybridized carbons (Fsp3) is 0.455. The van der Waals surface area contributed by atoms with E-state index in [2.05, 4.69) is 10.0 Å². The first-order chi connectivity index (χ1) is 7.97. The monoisotopic (exact) mass is 276 g/mol. The number of halogens is 1. The quantitative estimate of drug-likeness (QED) is 0.825. The highest BCUT2D eigenvalue weighted by atomic mass is 35.5. The largest absolute Gasteiger partial charge is 0.318 e. The van der Waals surface area contributed by atoms with Crippen LogP contribution in [0.1, 0.15) is 12.5 Å². The topological polar surface area (TPSA) is 58.2 Å². The van der Waals surface area contributed by atoms with E-state index in [-0.39, 0.29) is 6.54 Å². The molecule has 4 nitrogen and oxygen atoms in total. The molecule has 0 spiro atoms. The fourth-order valence-electron chi connectivity index (χ4n) is 1.36. The first kappa shape index (κ1) is 14.4. The zero-order chi connectivity index (χ0) is 12.9. The molecule has 6 heteroatoms. The van der Waals surface area contributed by atoms with Crippen LogP contribution in [0.4, 0.5) is 0 Å². The number of rotatable bonds is 6. The van der Waals surface area contributed by atoms with Crippen LogP contribution in [0.3, 0.4) is 0 Å². The molecule has 1 rings (SSSR count). The molecular formula is C11H17ClN2O2S. The van der Waals surface area contributed by atoms with Crippen LogP contribution >= 0.6 is 11.6 Å². The van der Waals surface area contributed by atoms with Crippen molar-refractivity contribution in [1.82, 2.24) is 10.0 Å². The van der Waals surface area contributed by atoms with Gasteiger partial charge in [-0.3, -0.25) is 0 Å². The second-order valence-corrected chi connectivity index (χ2v) is 6.42. The van der Waals surface area contributed by atoms with Crippen LogP contribution in [-0.2, 0) is 16.6 Å². The van der Waals surface area contributed by atoms with Gasteiger partial charge in [-0.15, -0.1) is 0 Å². The number of hydrogen-bond acceptors (Lipinski definition) is 3. The van der Waals surface area contributed by atoms with Gasteiger partial charge in [0.25, 0.3) is 0 Å². The van der Waals surface area contributed by atoms with E-state index < -0.39 is 15.3 Å². The van der Waals surface area contributed by atoms with E-state index in [0.717, 1.165) is 5.56 Å². The average molecular weight is 277 g/mol. The van der Waals surface area contributed by atoms with Crippen molar-refractivity contribution in [2.24, 2.45) is 0 Å². The molecule has 0 aromatic heterocycles. The first-order valence-corrected chi connectivity index (χ1v) is 7.26. The highest BCUT2D eigenvalue weighted by Crippen LogP contribution is 2.14. The molecule has 0 bridgehead atoms. The smallest absolute Gasteiger partial charge is 0.215 e. The normalized spacial score (nSPS) is 13.6. The second kappa shape index (κ2) is 6.35. The van der Waals surface area contributed by atoms with Crippen molar-refractivity contribution in [2.75, 3.05) is 13.6 Å². The van der Waals surface area contributed by atoms with Crippen molar-refractivity contribution >= 4 is 21.6 Å². The summed E-state index contributed by atoms with van der Waals surface area (Å²) < 4.78 is 26.2. The summed E-state index contributed by atoms with van der Waals surface area (Å²) in [6, 6.07) is 7.17. The SMILES string of the molecule is CNCC(C)S(=O)(=O)NCc1ccccc1Cl. The first-order valence-electron chi connectivity index (χ1n) is 5.34. The Morgan fingerprint density at radius 3 is 2.59 bits per heavy atom. The summed E-state index contributed by atoms with van der Waals surface area (Å²) in [5.41, 5.74) is 0.773. The summed E-state index contributed by atoms with van der Waals surface area (Å²) in [7, 11) is -1.59. The lowest BCUT2D eigenvalue weighted by molar-refractivity contribution is 0.563. The summed E-state index contributed by atoms with van der Waals surface area (Å²) >= 11 is 5.95. The molecule has 0 fully saturated rings. The van der Waals surface area contributed by atoms with Gasteiger partial charge in [0.1, 0.15) is 0 Å². The molecule has 0 aliphatic carbocycles. The predicted octanol–water partition coefficient (Wildman–Crippen LogP) is 1.37. The minimum Gasteiger partial charge on any atom is -0.318 e. The average Bonchev–Trinajstić information content (AvgIpc) is 2.28. The van der Waals surface area contributed by atoms with E-state index in [1.54, 1.807) is 26.1 Å². The Labute approximate surface area is 107 Å². The Bertz CT molecular complexity index is 462. The van der Waals surface area contributed by atoms with Crippen LogP contribution in [0.5, 0.6) is 0 Å². The van der Waals surface area contributed by atoms with E-state index in [1.165, 1.54) is 0 Å². The maximum absolute atomic E-state index is 11.8. The molecule has 1 unspecified atom stereocenters. The molecule has 0 saturated heterocycles. The third-order valence-corrected chi connectivity index (χ3v) is 4.58. The molecule has 0 aliphatic rings. The molecule has 17 heavy (non-hydrogen) atoms. The predicted molar refractivity (Wildman–Crippen MR) is 70.6 cm³/mol. The summed E-state index contributed by atoms with van der Waals surface area (Å²) in [6.07, 6.45) is 0. The van der Waals surface area contributed by atoms with Gasteiger partial charge in [-0.2, -0.15) is 0 Å². The van der Waals surface area contributed by atoms with E-state index in [0.29, 0.717) is 11.6 Å². The van der Waals surface area contributed by atoms with Crippen molar-refractivity contribution in [2.45, 2.75) is 18.7 Å². The van der Waals surface area contributed by atoms with Crippen molar-refractivity contribution in [1.29, 1.82) is 0 Å². The van der Waals surface area contributed by atoms with Crippen molar-refractivity contribution in [3.05, 3.63) is 34.9 Å². The molecule has 0 heterocycles. The Kier molecular flexibility index (Phi) is 5.39. The zero-order valence-electron chi connectivity index (χ0n) is 9.90. The van der Waals surface area contributed by atoms with Gasteiger partial charge in [-0.1, -0.05) is 29.8 Å². The van der Waals surface area contributed by atoms with E-state index in [1.807, 2.05) is 12.1 Å². The van der Waals surface area contributed by atoms with Crippen LogP contribution in [0.25, 0.3) is 0 Å². The van der Waals surface area contributed by atoms with Gasteiger partial charge in [0, 0.05) is 18.1 Å². The number of hydrogen-bond donors (Lipinski definition) is 2. The van der Waals surface area contributed by atoms with E-state index in [9.17, 15) is 8.42 Å². The zero-order valence-corrected chi connectivity index (χ0v) is 11.5. The number of nitrogens with one attached hydrogen (secondary N) is 2. The van der Waals surface area contributed by atoms with Gasteiger partial charge in [0.2, 0.25) is 10.0 Å². The molecule has 0 saturated carbocycles. The van der Waals surface area contributed by atoms with E-state index >= 15 is 0 Å². The van der Waals surface area contributed by atoms with Gasteiger partial charge in [-0.05, 0) is 25.6 Å². The number of benzene rings is 1. The Morgan fingerprint density at radius 1 is 1.35 bits per heavy atom. The molecule has 1 aromatic carbocycles. The highest BCUT2D eigenvalue weighted by molar-refractivity contribution is 7.90. The van der Waals surface area contributed by atoms with Crippen molar-refractivity contribution in [3.63, 3.8) is 0 Å². The Balaban J connectivity index is 2.65. The van der Waals surface area contributed by atoms with Gasteiger partial charge in [-0.25, -0.2) is 13.1 Å². The molecule has 1 aromatic rings. The molecule has 0 aliphatic heterocycles. The third-order valence-electron chi connectivity index (χ3n) is 2.44. The van der Waals surface area contributed by atoms with Gasteiger partial charge in [0.05, 0.1) is 5.25 Å². The lowest BCUT2D eigenvalue weighted by Crippen LogP contribution is -2.37. The maximum Gasteiger partial charge on any atom is 0.215 e. The third kappa shape index (κ3) is 4.27. The van der Waals surface area contributed by atoms with Gasteiger partial charge < -0.3 is 5.32 Å². The van der Waals surface area contributed by atoms with E-state index in [4.69, 9.17) is 11.6 Å². The molecule has 1 atom stereocenters. The van der Waals surface area contributed by atoms with Gasteiger partial charge >= 0.3 is 0 Å². The summed E-state index contributed by atoms with van der Waals surface area (Å²) in [5.74, 6) is 0. The minimum absolute atomic E-state index is 0.218. The molecule has 96 valence electrons.